The number of aryl methyl sites for hydroxylation is 1. The molecule has 3 nitrogen and oxygen atoms in total. The molecule has 2 aromatic carbocycles. The molecule has 0 saturated heterocycles. The lowest BCUT2D eigenvalue weighted by Gasteiger charge is -2.15. The third kappa shape index (κ3) is 2.52. The highest BCUT2D eigenvalue weighted by molar-refractivity contribution is 6.11. The van der Waals surface area contributed by atoms with Crippen LogP contribution in [-0.2, 0) is 7.05 Å². The molecule has 140 valence electrons. The van der Waals surface area contributed by atoms with Gasteiger partial charge in [0.1, 0.15) is 18.2 Å². The molecule has 0 spiro atoms. The van der Waals surface area contributed by atoms with E-state index in [0.717, 1.165) is 21.9 Å². The van der Waals surface area contributed by atoms with E-state index in [-0.39, 0.29) is 6.04 Å². The Morgan fingerprint density at radius 2 is 2.00 bits per heavy atom. The summed E-state index contributed by atoms with van der Waals surface area (Å²) in [7, 11) is 1.78. The van der Waals surface area contributed by atoms with E-state index in [2.05, 4.69) is 6.07 Å². The molecule has 2 aromatic heterocycles. The van der Waals surface area contributed by atoms with Crippen LogP contribution >= 0.6 is 0 Å². The molecule has 4 rings (SSSR count). The van der Waals surface area contributed by atoms with Gasteiger partial charge in [-0.05, 0) is 43.0 Å². The third-order valence-electron chi connectivity index (χ3n) is 5.49. The van der Waals surface area contributed by atoms with Crippen molar-refractivity contribution in [2.75, 3.05) is 0 Å². The second kappa shape index (κ2) is 6.49. The fraction of sp³-hybridized carbons (Fsp3) is 0.280. The summed E-state index contributed by atoms with van der Waals surface area (Å²) in [6.07, 6.45) is 0. The van der Waals surface area contributed by atoms with Crippen LogP contribution in [0.5, 0.6) is 0 Å². The van der Waals surface area contributed by atoms with Crippen LogP contribution in [0.4, 0.5) is 0 Å². The first kappa shape index (κ1) is 13.1. The summed E-state index contributed by atoms with van der Waals surface area (Å²) in [6, 6.07) is 11.6. The Hall–Kier alpha value is -3.12. The van der Waals surface area contributed by atoms with Crippen LogP contribution in [0.3, 0.4) is 0 Å². The Labute approximate surface area is 172 Å². The average molecular weight is 375 g/mol. The smallest absolute Gasteiger partial charge is 0.216 e. The van der Waals surface area contributed by atoms with E-state index >= 15 is 0 Å². The number of aromatic nitrogens is 1. The van der Waals surface area contributed by atoms with Crippen LogP contribution in [0, 0.1) is 32.1 Å². The molecular formula is C25H25N2O+. The van der Waals surface area contributed by atoms with Crippen molar-refractivity contribution in [3.8, 4) is 17.3 Å². The predicted octanol–water partition coefficient (Wildman–Crippen LogP) is 6.00. The fourth-order valence-electron chi connectivity index (χ4n) is 4.09. The third-order valence-corrected chi connectivity index (χ3v) is 5.49. The maximum atomic E-state index is 9.60. The van der Waals surface area contributed by atoms with Gasteiger partial charge >= 0.3 is 0 Å². The molecule has 0 bridgehead atoms. The zero-order chi connectivity index (χ0) is 24.5. The van der Waals surface area contributed by atoms with Crippen LogP contribution in [-0.4, -0.2) is 0 Å². The zero-order valence-electron chi connectivity index (χ0n) is 21.7. The topological polar surface area (TPSA) is 40.8 Å². The van der Waals surface area contributed by atoms with Gasteiger partial charge in [0.05, 0.1) is 18.6 Å². The van der Waals surface area contributed by atoms with Crippen molar-refractivity contribution < 1.29 is 15.8 Å². The summed E-state index contributed by atoms with van der Waals surface area (Å²) in [4.78, 5) is 0. The summed E-state index contributed by atoms with van der Waals surface area (Å²) >= 11 is 0. The highest BCUT2D eigenvalue weighted by Gasteiger charge is 2.25. The molecule has 4 aromatic rings. The second-order valence-corrected chi connectivity index (χ2v) is 7.27. The van der Waals surface area contributed by atoms with Gasteiger partial charge < -0.3 is 4.42 Å². The molecule has 0 fully saturated rings. The van der Waals surface area contributed by atoms with Crippen LogP contribution < -0.4 is 4.57 Å². The van der Waals surface area contributed by atoms with E-state index in [1.54, 1.807) is 37.6 Å². The van der Waals surface area contributed by atoms with E-state index < -0.39 is 12.7 Å². The van der Waals surface area contributed by atoms with E-state index in [1.165, 1.54) is 6.92 Å². The molecule has 1 atom stereocenters. The number of furan rings is 1. The maximum Gasteiger partial charge on any atom is 0.216 e. The van der Waals surface area contributed by atoms with Crippen molar-refractivity contribution in [2.24, 2.45) is 7.05 Å². The van der Waals surface area contributed by atoms with E-state index in [9.17, 15) is 5.26 Å². The number of rotatable bonds is 2. The minimum Gasteiger partial charge on any atom is -0.455 e. The van der Waals surface area contributed by atoms with Gasteiger partial charge in [-0.1, -0.05) is 32.0 Å². The quantitative estimate of drug-likeness (QED) is 0.404. The van der Waals surface area contributed by atoms with E-state index in [0.29, 0.717) is 39.2 Å². The predicted molar refractivity (Wildman–Crippen MR) is 113 cm³/mol. The Bertz CT molecular complexity index is 1460. The van der Waals surface area contributed by atoms with Crippen molar-refractivity contribution in [1.29, 1.82) is 5.26 Å². The average Bonchev–Trinajstić information content (AvgIpc) is 3.11. The lowest BCUT2D eigenvalue weighted by molar-refractivity contribution is -0.667. The molecule has 0 saturated carbocycles. The standard InChI is InChI=1S/C25H25N2O/c1-14(2)22-16(4)12-20(27(6)17(22)5)23-15(3)10-11-19-24-18(13-26)8-7-9-21(24)28-25(19)23/h7-12,14H,1-6H3/q+1/i1D3,12D,14D. The monoisotopic (exact) mass is 374 g/mol. The molecule has 3 heteroatoms. The Balaban J connectivity index is 2.14. The zero-order valence-corrected chi connectivity index (χ0v) is 16.7. The van der Waals surface area contributed by atoms with Crippen LogP contribution in [0.15, 0.2) is 40.8 Å². The van der Waals surface area contributed by atoms with Crippen molar-refractivity contribution in [1.82, 2.24) is 0 Å². The summed E-state index contributed by atoms with van der Waals surface area (Å²) in [6.45, 7) is 4.25. The summed E-state index contributed by atoms with van der Waals surface area (Å²) < 4.78 is 49.4. The van der Waals surface area contributed by atoms with Crippen molar-refractivity contribution in [3.63, 3.8) is 0 Å². The number of nitriles is 1. The van der Waals surface area contributed by atoms with Crippen LogP contribution in [0.1, 0.15) is 54.5 Å². The molecule has 0 amide bonds. The summed E-state index contributed by atoms with van der Waals surface area (Å²) in [5, 5.41) is 11.1. The first-order valence-corrected chi connectivity index (χ1v) is 9.18. The molecule has 0 radical (unpaired) electrons. The minimum atomic E-state index is -2.55. The van der Waals surface area contributed by atoms with Gasteiger partial charge in [0.2, 0.25) is 5.69 Å². The molecule has 28 heavy (non-hydrogen) atoms. The van der Waals surface area contributed by atoms with Gasteiger partial charge in [-0.25, -0.2) is 0 Å². The molecular weight excluding hydrogens is 344 g/mol. The number of fused-ring (bicyclic) bond motifs is 3. The largest absolute Gasteiger partial charge is 0.455 e. The van der Waals surface area contributed by atoms with E-state index in [1.807, 2.05) is 25.1 Å². The molecule has 2 heterocycles. The number of hydrogen-bond donors (Lipinski definition) is 0. The highest BCUT2D eigenvalue weighted by atomic mass is 16.3. The van der Waals surface area contributed by atoms with Crippen LogP contribution in [0.25, 0.3) is 33.2 Å². The number of benzene rings is 2. The number of nitrogens with zero attached hydrogens (tertiary/aromatic N) is 2. The minimum absolute atomic E-state index is 0.150. The number of hydrogen-bond acceptors (Lipinski definition) is 2. The van der Waals surface area contributed by atoms with E-state index in [4.69, 9.17) is 11.3 Å². The maximum absolute atomic E-state index is 9.60. The van der Waals surface area contributed by atoms with Gasteiger partial charge in [-0.2, -0.15) is 9.83 Å². The molecule has 0 N–H and O–H groups in total. The van der Waals surface area contributed by atoms with Gasteiger partial charge in [0.15, 0.2) is 5.69 Å². The second-order valence-electron chi connectivity index (χ2n) is 7.27. The highest BCUT2D eigenvalue weighted by Crippen LogP contribution is 2.39. The van der Waals surface area contributed by atoms with Crippen molar-refractivity contribution in [2.45, 2.75) is 40.4 Å². The summed E-state index contributed by atoms with van der Waals surface area (Å²) in [5.74, 6) is -1.87. The first-order chi connectivity index (χ1) is 15.3. The Kier molecular flexibility index (Phi) is 3.04. The normalized spacial score (nSPS) is 16.6. The molecule has 0 aliphatic heterocycles. The molecule has 0 aliphatic carbocycles. The lowest BCUT2D eigenvalue weighted by Crippen LogP contribution is -2.37. The van der Waals surface area contributed by atoms with Crippen LogP contribution in [0.2, 0.25) is 0 Å². The Morgan fingerprint density at radius 3 is 2.71 bits per heavy atom. The van der Waals surface area contributed by atoms with Crippen molar-refractivity contribution >= 4 is 21.9 Å². The SMILES string of the molecule is [2H]c1c(C)c(C([2H])(C)C([2H])([2H])[2H])c(C)[n+](C)c1-c1c(C)ccc2c1oc1cccc(C#N)c12. The van der Waals surface area contributed by atoms with Gasteiger partial charge in [0, 0.05) is 34.8 Å². The first-order valence-electron chi connectivity index (χ1n) is 11.7. The molecule has 1 unspecified atom stereocenters. The van der Waals surface area contributed by atoms with Gasteiger partial charge in [-0.3, -0.25) is 0 Å². The van der Waals surface area contributed by atoms with Gasteiger partial charge in [0.25, 0.3) is 0 Å². The van der Waals surface area contributed by atoms with Crippen molar-refractivity contribution in [3.05, 3.63) is 64.3 Å². The molecule has 0 aliphatic rings. The number of pyridine rings is 1. The Morgan fingerprint density at radius 1 is 1.21 bits per heavy atom. The summed E-state index contributed by atoms with van der Waals surface area (Å²) in [5.41, 5.74) is 5.28. The fourth-order valence-corrected chi connectivity index (χ4v) is 4.09. The van der Waals surface area contributed by atoms with Gasteiger partial charge in [-0.15, -0.1) is 0 Å². The lowest BCUT2D eigenvalue weighted by atomic mass is 9.93.